The molecule has 1 heterocycles. The molecule has 9 heteroatoms. The predicted octanol–water partition coefficient (Wildman–Crippen LogP) is 2.91. The van der Waals surface area contributed by atoms with Crippen LogP contribution in [0.4, 0.5) is 0 Å². The van der Waals surface area contributed by atoms with Crippen LogP contribution in [0.5, 0.6) is 0 Å². The third-order valence-corrected chi connectivity index (χ3v) is 6.52. The number of halogens is 2. The smallest absolute Gasteiger partial charge is 0.194 e. The van der Waals surface area contributed by atoms with E-state index in [9.17, 15) is 8.42 Å². The van der Waals surface area contributed by atoms with Crippen LogP contribution in [0.2, 0.25) is 5.02 Å². The Morgan fingerprint density at radius 1 is 1.40 bits per heavy atom. The molecule has 0 unspecified atom stereocenters. The van der Waals surface area contributed by atoms with E-state index in [-0.39, 0.29) is 36.3 Å². The van der Waals surface area contributed by atoms with Crippen molar-refractivity contribution in [2.24, 2.45) is 12.0 Å². The normalized spacial score (nSPS) is 12.7. The van der Waals surface area contributed by atoms with Crippen molar-refractivity contribution in [3.8, 4) is 0 Å². The Kier molecular flexibility index (Phi) is 9.82. The van der Waals surface area contributed by atoms with Gasteiger partial charge in [-0.05, 0) is 33.8 Å². The van der Waals surface area contributed by atoms with Crippen molar-refractivity contribution in [1.29, 1.82) is 0 Å². The first-order chi connectivity index (χ1) is 11.0. The fourth-order valence-corrected chi connectivity index (χ4v) is 3.31. The maximum Gasteiger partial charge on any atom is 0.194 e. The summed E-state index contributed by atoms with van der Waals surface area (Å²) in [6.45, 7) is 8.69. The van der Waals surface area contributed by atoms with Crippen molar-refractivity contribution in [3.63, 3.8) is 0 Å². The van der Waals surface area contributed by atoms with Crippen LogP contribution in [-0.2, 0) is 23.4 Å². The fourth-order valence-electron chi connectivity index (χ4n) is 2.09. The molecule has 0 aliphatic rings. The van der Waals surface area contributed by atoms with Gasteiger partial charge in [0, 0.05) is 32.5 Å². The lowest BCUT2D eigenvalue weighted by molar-refractivity contribution is 0.462. The Morgan fingerprint density at radius 2 is 2.00 bits per heavy atom. The largest absolute Gasteiger partial charge is 0.357 e. The van der Waals surface area contributed by atoms with Gasteiger partial charge in [0.05, 0.1) is 28.6 Å². The average Bonchev–Trinajstić information content (AvgIpc) is 2.74. The van der Waals surface area contributed by atoms with E-state index in [1.807, 2.05) is 42.7 Å². The summed E-state index contributed by atoms with van der Waals surface area (Å²) >= 11 is 6.01. The van der Waals surface area contributed by atoms with Gasteiger partial charge in [0.25, 0.3) is 0 Å². The zero-order valence-corrected chi connectivity index (χ0v) is 19.7. The number of hydrogen-bond acceptors (Lipinski definition) is 3. The van der Waals surface area contributed by atoms with Crippen molar-refractivity contribution in [3.05, 3.63) is 23.0 Å². The van der Waals surface area contributed by atoms with Crippen LogP contribution >= 0.6 is 35.6 Å². The monoisotopic (exact) mass is 504 g/mol. The molecular weight excluding hydrogens is 475 g/mol. The van der Waals surface area contributed by atoms with Crippen molar-refractivity contribution < 1.29 is 8.42 Å². The van der Waals surface area contributed by atoms with Crippen LogP contribution in [0.1, 0.15) is 33.4 Å². The van der Waals surface area contributed by atoms with Gasteiger partial charge in [0.2, 0.25) is 0 Å². The second-order valence-electron chi connectivity index (χ2n) is 6.78. The van der Waals surface area contributed by atoms with Gasteiger partial charge in [0.15, 0.2) is 15.8 Å². The first-order valence-corrected chi connectivity index (χ1v) is 10.0. The summed E-state index contributed by atoms with van der Waals surface area (Å²) < 4.78 is 25.6. The minimum atomic E-state index is -3.17. The summed E-state index contributed by atoms with van der Waals surface area (Å²) in [4.78, 5) is 6.41. The number of sulfone groups is 1. The topological polar surface area (TPSA) is 66.7 Å². The van der Waals surface area contributed by atoms with Gasteiger partial charge in [-0.2, -0.15) is 0 Å². The molecule has 0 bridgehead atoms. The Bertz CT molecular complexity index is 681. The molecule has 0 aromatic carbocycles. The van der Waals surface area contributed by atoms with Crippen LogP contribution in [0.15, 0.2) is 17.3 Å². The lowest BCUT2D eigenvalue weighted by Crippen LogP contribution is -2.39. The molecule has 0 aliphatic carbocycles. The number of rotatable bonds is 6. The molecular formula is C16H30ClIN4O2S. The van der Waals surface area contributed by atoms with Crippen LogP contribution < -0.4 is 5.32 Å². The maximum absolute atomic E-state index is 12.2. The molecule has 1 aromatic heterocycles. The number of hydrogen-bond donors (Lipinski definition) is 1. The molecule has 0 spiro atoms. The molecule has 0 saturated carbocycles. The van der Waals surface area contributed by atoms with Crippen molar-refractivity contribution in [2.45, 2.75) is 39.0 Å². The van der Waals surface area contributed by atoms with E-state index < -0.39 is 14.6 Å². The number of aromatic nitrogens is 1. The van der Waals surface area contributed by atoms with Crippen LogP contribution in [-0.4, -0.2) is 54.5 Å². The predicted molar refractivity (Wildman–Crippen MR) is 117 cm³/mol. The molecule has 6 nitrogen and oxygen atoms in total. The quantitative estimate of drug-likeness (QED) is 0.367. The summed E-state index contributed by atoms with van der Waals surface area (Å²) in [5.41, 5.74) is 1.05. The molecule has 0 aliphatic heterocycles. The molecule has 0 atom stereocenters. The van der Waals surface area contributed by atoms with E-state index in [2.05, 4.69) is 10.3 Å². The summed E-state index contributed by atoms with van der Waals surface area (Å²) in [5.74, 6) is 0.716. The van der Waals surface area contributed by atoms with Gasteiger partial charge >= 0.3 is 0 Å². The number of nitrogens with zero attached hydrogens (tertiary/aromatic N) is 3. The van der Waals surface area contributed by atoms with Gasteiger partial charge in [-0.15, -0.1) is 24.0 Å². The Labute approximate surface area is 174 Å². The second kappa shape index (κ2) is 10.0. The number of aliphatic imine (C=N–C) groups is 1. The van der Waals surface area contributed by atoms with E-state index in [1.54, 1.807) is 20.8 Å². The minimum absolute atomic E-state index is 0. The molecule has 0 saturated heterocycles. The Balaban J connectivity index is 0.00000576. The van der Waals surface area contributed by atoms with Crippen molar-refractivity contribution >= 4 is 51.4 Å². The molecule has 25 heavy (non-hydrogen) atoms. The Hall–Kier alpha value is -0.480. The van der Waals surface area contributed by atoms with Gasteiger partial charge in [-0.1, -0.05) is 11.6 Å². The summed E-state index contributed by atoms with van der Waals surface area (Å²) in [6, 6.07) is 1.91. The first kappa shape index (κ1) is 24.5. The third kappa shape index (κ3) is 7.34. The van der Waals surface area contributed by atoms with E-state index in [1.165, 1.54) is 0 Å². The van der Waals surface area contributed by atoms with Gasteiger partial charge in [-0.3, -0.25) is 4.99 Å². The molecule has 0 fully saturated rings. The van der Waals surface area contributed by atoms with Gasteiger partial charge in [0.1, 0.15) is 0 Å². The summed E-state index contributed by atoms with van der Waals surface area (Å²) in [5, 5.41) is 3.89. The molecule has 146 valence electrons. The SMILES string of the molecule is CCNC(=NCCS(=O)(=O)C(C)(C)C)N(C)Cc1cc(Cl)cn1C.I. The van der Waals surface area contributed by atoms with Crippen LogP contribution in [0.25, 0.3) is 0 Å². The number of nitrogens with one attached hydrogen (secondary N) is 1. The highest BCUT2D eigenvalue weighted by Gasteiger charge is 2.28. The molecule has 0 radical (unpaired) electrons. The van der Waals surface area contributed by atoms with E-state index in [4.69, 9.17) is 11.6 Å². The Morgan fingerprint density at radius 3 is 2.44 bits per heavy atom. The van der Waals surface area contributed by atoms with Gasteiger partial charge in [-0.25, -0.2) is 8.42 Å². The fraction of sp³-hybridized carbons (Fsp3) is 0.688. The minimum Gasteiger partial charge on any atom is -0.357 e. The number of aryl methyl sites for hydroxylation is 1. The van der Waals surface area contributed by atoms with Crippen LogP contribution in [0, 0.1) is 0 Å². The molecule has 1 aromatic rings. The molecule has 0 amide bonds. The highest BCUT2D eigenvalue weighted by molar-refractivity contribution is 14.0. The average molecular weight is 505 g/mol. The zero-order valence-electron chi connectivity index (χ0n) is 15.8. The lowest BCUT2D eigenvalue weighted by atomic mass is 10.3. The lowest BCUT2D eigenvalue weighted by Gasteiger charge is -2.23. The highest BCUT2D eigenvalue weighted by Crippen LogP contribution is 2.16. The van der Waals surface area contributed by atoms with E-state index >= 15 is 0 Å². The van der Waals surface area contributed by atoms with Crippen molar-refractivity contribution in [1.82, 2.24) is 14.8 Å². The summed E-state index contributed by atoms with van der Waals surface area (Å²) in [6.07, 6.45) is 1.85. The standard InChI is InChI=1S/C16H29ClN4O2S.HI/c1-7-18-15(19-8-9-24(22,23)16(2,3)4)21(6)12-14-10-13(17)11-20(14)5;/h10-11H,7-9,12H2,1-6H3,(H,18,19);1H. The van der Waals surface area contributed by atoms with Gasteiger partial charge < -0.3 is 14.8 Å². The third-order valence-electron chi connectivity index (χ3n) is 3.72. The maximum atomic E-state index is 12.2. The summed E-state index contributed by atoms with van der Waals surface area (Å²) in [7, 11) is 0.686. The highest BCUT2D eigenvalue weighted by atomic mass is 127. The van der Waals surface area contributed by atoms with E-state index in [0.717, 1.165) is 5.69 Å². The number of guanidine groups is 1. The first-order valence-electron chi connectivity index (χ1n) is 8.00. The zero-order chi connectivity index (χ0) is 18.5. The molecule has 1 N–H and O–H groups in total. The van der Waals surface area contributed by atoms with Crippen LogP contribution in [0.3, 0.4) is 0 Å². The van der Waals surface area contributed by atoms with E-state index in [0.29, 0.717) is 24.1 Å². The van der Waals surface area contributed by atoms with Crippen molar-refractivity contribution in [2.75, 3.05) is 25.9 Å². The molecule has 1 rings (SSSR count). The second-order valence-corrected chi connectivity index (χ2v) is 10.1.